The maximum Gasteiger partial charge on any atom is 0.0683 e. The van der Waals surface area contributed by atoms with Gasteiger partial charge in [0.1, 0.15) is 0 Å². The predicted octanol–water partition coefficient (Wildman–Crippen LogP) is 1.28. The standard InChI is InChI=1S/C9H14BrN3/c1-7(5-11)13-6-9-8(10)3-2-4-12-9/h2-4,7,13H,5-6,11H2,1H3. The minimum Gasteiger partial charge on any atom is -0.329 e. The van der Waals surface area contributed by atoms with E-state index in [0.29, 0.717) is 12.6 Å². The summed E-state index contributed by atoms with van der Waals surface area (Å²) >= 11 is 3.43. The third kappa shape index (κ3) is 3.42. The van der Waals surface area contributed by atoms with Crippen molar-refractivity contribution in [3.8, 4) is 0 Å². The second-order valence-corrected chi connectivity index (χ2v) is 3.80. The first-order valence-corrected chi connectivity index (χ1v) is 5.06. The molecule has 4 heteroatoms. The fourth-order valence-corrected chi connectivity index (χ4v) is 1.30. The number of aromatic nitrogens is 1. The number of rotatable bonds is 4. The third-order valence-electron chi connectivity index (χ3n) is 1.81. The number of hydrogen-bond donors (Lipinski definition) is 2. The average Bonchev–Trinajstić information content (AvgIpc) is 2.16. The summed E-state index contributed by atoms with van der Waals surface area (Å²) < 4.78 is 1.03. The summed E-state index contributed by atoms with van der Waals surface area (Å²) in [5.41, 5.74) is 6.50. The number of hydrogen-bond acceptors (Lipinski definition) is 3. The average molecular weight is 244 g/mol. The molecule has 0 radical (unpaired) electrons. The van der Waals surface area contributed by atoms with Crippen molar-refractivity contribution in [3.05, 3.63) is 28.5 Å². The lowest BCUT2D eigenvalue weighted by Crippen LogP contribution is -2.32. The number of halogens is 1. The highest BCUT2D eigenvalue weighted by Crippen LogP contribution is 2.12. The fraction of sp³-hybridized carbons (Fsp3) is 0.444. The van der Waals surface area contributed by atoms with Gasteiger partial charge >= 0.3 is 0 Å². The summed E-state index contributed by atoms with van der Waals surface area (Å²) in [5, 5.41) is 3.27. The maximum absolute atomic E-state index is 5.48. The molecule has 0 spiro atoms. The molecule has 1 unspecified atom stereocenters. The number of nitrogens with one attached hydrogen (secondary N) is 1. The Bertz CT molecular complexity index is 265. The predicted molar refractivity (Wildman–Crippen MR) is 57.3 cm³/mol. The molecule has 1 aromatic heterocycles. The van der Waals surface area contributed by atoms with Gasteiger partial charge in [-0.05, 0) is 35.0 Å². The van der Waals surface area contributed by atoms with Gasteiger partial charge in [-0.1, -0.05) is 0 Å². The molecule has 0 aromatic carbocycles. The van der Waals surface area contributed by atoms with Crippen LogP contribution in [-0.2, 0) is 6.54 Å². The lowest BCUT2D eigenvalue weighted by Gasteiger charge is -2.10. The molecule has 0 bridgehead atoms. The quantitative estimate of drug-likeness (QED) is 0.838. The van der Waals surface area contributed by atoms with E-state index in [1.807, 2.05) is 12.1 Å². The zero-order valence-corrected chi connectivity index (χ0v) is 9.21. The second-order valence-electron chi connectivity index (χ2n) is 2.95. The molecule has 0 aliphatic rings. The van der Waals surface area contributed by atoms with Gasteiger partial charge in [0, 0.05) is 29.8 Å². The van der Waals surface area contributed by atoms with E-state index >= 15 is 0 Å². The minimum atomic E-state index is 0.328. The van der Waals surface area contributed by atoms with Crippen LogP contribution >= 0.6 is 15.9 Å². The first kappa shape index (κ1) is 10.6. The Hall–Kier alpha value is -0.450. The molecule has 1 aromatic rings. The molecule has 1 atom stereocenters. The number of pyridine rings is 1. The van der Waals surface area contributed by atoms with Crippen LogP contribution in [0.4, 0.5) is 0 Å². The highest BCUT2D eigenvalue weighted by Gasteiger charge is 2.01. The fourth-order valence-electron chi connectivity index (χ4n) is 0.903. The number of nitrogens with two attached hydrogens (primary N) is 1. The van der Waals surface area contributed by atoms with Crippen molar-refractivity contribution in [3.63, 3.8) is 0 Å². The van der Waals surface area contributed by atoms with Crippen molar-refractivity contribution in [2.24, 2.45) is 5.73 Å². The largest absolute Gasteiger partial charge is 0.329 e. The Morgan fingerprint density at radius 1 is 1.69 bits per heavy atom. The van der Waals surface area contributed by atoms with Crippen molar-refractivity contribution in [1.82, 2.24) is 10.3 Å². The molecule has 3 N–H and O–H groups in total. The SMILES string of the molecule is CC(CN)NCc1ncccc1Br. The van der Waals surface area contributed by atoms with Crippen LogP contribution < -0.4 is 11.1 Å². The third-order valence-corrected chi connectivity index (χ3v) is 2.53. The van der Waals surface area contributed by atoms with Gasteiger partial charge in [0.15, 0.2) is 0 Å². The summed E-state index contributed by atoms with van der Waals surface area (Å²) in [6.45, 7) is 3.45. The van der Waals surface area contributed by atoms with Crippen LogP contribution in [0.2, 0.25) is 0 Å². The van der Waals surface area contributed by atoms with Crippen molar-refractivity contribution >= 4 is 15.9 Å². The van der Waals surface area contributed by atoms with Gasteiger partial charge in [0.25, 0.3) is 0 Å². The van der Waals surface area contributed by atoms with E-state index in [2.05, 4.69) is 33.2 Å². The van der Waals surface area contributed by atoms with Gasteiger partial charge in [0.05, 0.1) is 5.69 Å². The molecule has 13 heavy (non-hydrogen) atoms. The Kier molecular flexibility index (Phi) is 4.35. The minimum absolute atomic E-state index is 0.328. The van der Waals surface area contributed by atoms with Gasteiger partial charge in [-0.15, -0.1) is 0 Å². The Labute approximate surface area is 86.9 Å². The molecule has 0 saturated heterocycles. The molecule has 0 aliphatic heterocycles. The Morgan fingerprint density at radius 3 is 3.08 bits per heavy atom. The zero-order chi connectivity index (χ0) is 9.68. The second kappa shape index (κ2) is 5.32. The molecular formula is C9H14BrN3. The van der Waals surface area contributed by atoms with Crippen LogP contribution in [0.5, 0.6) is 0 Å². The van der Waals surface area contributed by atoms with Crippen LogP contribution in [0.3, 0.4) is 0 Å². The molecule has 1 heterocycles. The summed E-state index contributed by atoms with van der Waals surface area (Å²) in [7, 11) is 0. The van der Waals surface area contributed by atoms with E-state index in [1.165, 1.54) is 0 Å². The van der Waals surface area contributed by atoms with Gasteiger partial charge in [-0.3, -0.25) is 4.98 Å². The smallest absolute Gasteiger partial charge is 0.0683 e. The van der Waals surface area contributed by atoms with Gasteiger partial charge in [0.2, 0.25) is 0 Å². The van der Waals surface area contributed by atoms with Crippen molar-refractivity contribution in [1.29, 1.82) is 0 Å². The van der Waals surface area contributed by atoms with Crippen LogP contribution in [-0.4, -0.2) is 17.6 Å². The first-order chi connectivity index (χ1) is 6.24. The van der Waals surface area contributed by atoms with Crippen molar-refractivity contribution in [2.45, 2.75) is 19.5 Å². The van der Waals surface area contributed by atoms with E-state index in [1.54, 1.807) is 6.20 Å². The molecule has 1 rings (SSSR count). The summed E-state index contributed by atoms with van der Waals surface area (Å²) in [5.74, 6) is 0. The topological polar surface area (TPSA) is 50.9 Å². The van der Waals surface area contributed by atoms with E-state index in [0.717, 1.165) is 16.7 Å². The molecule has 72 valence electrons. The van der Waals surface area contributed by atoms with Gasteiger partial charge in [-0.25, -0.2) is 0 Å². The first-order valence-electron chi connectivity index (χ1n) is 4.27. The highest BCUT2D eigenvalue weighted by atomic mass is 79.9. The normalized spacial score (nSPS) is 12.8. The van der Waals surface area contributed by atoms with E-state index < -0.39 is 0 Å². The monoisotopic (exact) mass is 243 g/mol. The molecular weight excluding hydrogens is 230 g/mol. The van der Waals surface area contributed by atoms with Gasteiger partial charge < -0.3 is 11.1 Å². The molecule has 0 fully saturated rings. The summed E-state index contributed by atoms with van der Waals surface area (Å²) in [4.78, 5) is 4.23. The lowest BCUT2D eigenvalue weighted by atomic mass is 10.3. The van der Waals surface area contributed by atoms with E-state index in [4.69, 9.17) is 5.73 Å². The van der Waals surface area contributed by atoms with Crippen LogP contribution in [0.15, 0.2) is 22.8 Å². The van der Waals surface area contributed by atoms with Crippen LogP contribution in [0.1, 0.15) is 12.6 Å². The van der Waals surface area contributed by atoms with Gasteiger partial charge in [-0.2, -0.15) is 0 Å². The number of nitrogens with zero attached hydrogens (tertiary/aromatic N) is 1. The molecule has 0 aliphatic carbocycles. The van der Waals surface area contributed by atoms with Crippen LogP contribution in [0.25, 0.3) is 0 Å². The van der Waals surface area contributed by atoms with E-state index in [-0.39, 0.29) is 0 Å². The summed E-state index contributed by atoms with van der Waals surface area (Å²) in [6, 6.07) is 4.21. The lowest BCUT2D eigenvalue weighted by molar-refractivity contribution is 0.549. The maximum atomic E-state index is 5.48. The Balaban J connectivity index is 2.50. The zero-order valence-electron chi connectivity index (χ0n) is 7.63. The summed E-state index contributed by atoms with van der Waals surface area (Å²) in [6.07, 6.45) is 1.79. The van der Waals surface area contributed by atoms with Crippen molar-refractivity contribution < 1.29 is 0 Å². The molecule has 0 amide bonds. The van der Waals surface area contributed by atoms with Crippen LogP contribution in [0, 0.1) is 0 Å². The van der Waals surface area contributed by atoms with Crippen molar-refractivity contribution in [2.75, 3.05) is 6.54 Å². The van der Waals surface area contributed by atoms with E-state index in [9.17, 15) is 0 Å². The molecule has 0 saturated carbocycles. The molecule has 3 nitrogen and oxygen atoms in total. The highest BCUT2D eigenvalue weighted by molar-refractivity contribution is 9.10. The Morgan fingerprint density at radius 2 is 2.46 bits per heavy atom.